The first-order chi connectivity index (χ1) is 11.8. The maximum absolute atomic E-state index is 11.9. The quantitative estimate of drug-likeness (QED) is 0.514. The third kappa shape index (κ3) is 3.94. The van der Waals surface area contributed by atoms with Crippen LogP contribution in [0.1, 0.15) is 10.4 Å². The number of fused-ring (bicyclic) bond motifs is 1. The molecule has 1 amide bonds. The van der Waals surface area contributed by atoms with E-state index in [9.17, 15) is 4.79 Å². The zero-order chi connectivity index (χ0) is 18.0. The molecule has 3 heterocycles. The van der Waals surface area contributed by atoms with Gasteiger partial charge in [-0.1, -0.05) is 19.6 Å². The van der Waals surface area contributed by atoms with Crippen LogP contribution in [-0.2, 0) is 11.5 Å². The van der Waals surface area contributed by atoms with E-state index in [-0.39, 0.29) is 0 Å². The van der Waals surface area contributed by atoms with E-state index in [1.807, 2.05) is 0 Å². The molecule has 0 aliphatic rings. The van der Waals surface area contributed by atoms with Crippen molar-refractivity contribution in [2.45, 2.75) is 32.4 Å². The van der Waals surface area contributed by atoms with Gasteiger partial charge in [0, 0.05) is 38.8 Å². The topological polar surface area (TPSA) is 100 Å². The first-order valence-corrected chi connectivity index (χ1v) is 11.8. The van der Waals surface area contributed by atoms with Crippen LogP contribution in [0.3, 0.4) is 0 Å². The Morgan fingerprint density at radius 2 is 2.16 bits per heavy atom. The molecular formula is C16H22N6O2Si. The molecule has 25 heavy (non-hydrogen) atoms. The Morgan fingerprint density at radius 1 is 1.36 bits per heavy atom. The third-order valence-corrected chi connectivity index (χ3v) is 5.47. The predicted octanol–water partition coefficient (Wildman–Crippen LogP) is 2.00. The lowest BCUT2D eigenvalue weighted by Crippen LogP contribution is -2.22. The molecule has 3 rings (SSSR count). The molecule has 0 fully saturated rings. The van der Waals surface area contributed by atoms with Crippen LogP contribution in [0.25, 0.3) is 16.9 Å². The van der Waals surface area contributed by atoms with E-state index in [1.165, 1.54) is 4.52 Å². The zero-order valence-electron chi connectivity index (χ0n) is 14.6. The number of hydrogen-bond acceptors (Lipinski definition) is 5. The molecule has 0 aliphatic carbocycles. The highest BCUT2D eigenvalue weighted by atomic mass is 28.3. The third-order valence-electron chi connectivity index (χ3n) is 3.77. The number of ether oxygens (including phenoxy) is 1. The van der Waals surface area contributed by atoms with Crippen LogP contribution < -0.4 is 5.73 Å². The van der Waals surface area contributed by atoms with Gasteiger partial charge in [0.15, 0.2) is 5.65 Å². The molecule has 0 aromatic carbocycles. The van der Waals surface area contributed by atoms with Crippen molar-refractivity contribution in [3.63, 3.8) is 0 Å². The Kier molecular flexibility index (Phi) is 4.68. The van der Waals surface area contributed by atoms with Crippen LogP contribution in [0.4, 0.5) is 0 Å². The fourth-order valence-corrected chi connectivity index (χ4v) is 3.17. The fourth-order valence-electron chi connectivity index (χ4n) is 2.41. The Bertz CT molecular complexity index is 896. The molecule has 0 atom stereocenters. The first kappa shape index (κ1) is 17.3. The summed E-state index contributed by atoms with van der Waals surface area (Å²) in [6.07, 6.45) is 6.77. The second kappa shape index (κ2) is 6.77. The van der Waals surface area contributed by atoms with E-state index in [0.717, 1.165) is 12.7 Å². The summed E-state index contributed by atoms with van der Waals surface area (Å²) in [6.45, 7) is 8.01. The van der Waals surface area contributed by atoms with Crippen molar-refractivity contribution in [3.8, 4) is 11.3 Å². The maximum Gasteiger partial charge on any atom is 0.254 e. The minimum absolute atomic E-state index is 0.291. The summed E-state index contributed by atoms with van der Waals surface area (Å²) >= 11 is 0. The molecule has 0 aliphatic heterocycles. The number of hydrogen-bond donors (Lipinski definition) is 1. The van der Waals surface area contributed by atoms with Crippen LogP contribution >= 0.6 is 0 Å². The summed E-state index contributed by atoms with van der Waals surface area (Å²) in [4.78, 5) is 16.1. The molecule has 0 unspecified atom stereocenters. The second-order valence-electron chi connectivity index (χ2n) is 7.09. The van der Waals surface area contributed by atoms with Crippen molar-refractivity contribution in [1.29, 1.82) is 0 Å². The van der Waals surface area contributed by atoms with E-state index in [4.69, 9.17) is 10.5 Å². The molecule has 0 saturated heterocycles. The van der Waals surface area contributed by atoms with Crippen molar-refractivity contribution in [3.05, 3.63) is 36.4 Å². The van der Waals surface area contributed by atoms with Gasteiger partial charge >= 0.3 is 0 Å². The molecular weight excluding hydrogens is 336 g/mol. The number of carbonyl (C=O) groups is 1. The Labute approximate surface area is 146 Å². The second-order valence-corrected chi connectivity index (χ2v) is 12.7. The number of carbonyl (C=O) groups excluding carboxylic acids is 1. The molecule has 0 saturated carbocycles. The highest BCUT2D eigenvalue weighted by Gasteiger charge is 2.21. The van der Waals surface area contributed by atoms with Crippen LogP contribution in [-0.4, -0.2) is 45.0 Å². The smallest absolute Gasteiger partial charge is 0.254 e. The number of aromatic nitrogens is 5. The molecule has 3 aromatic heterocycles. The van der Waals surface area contributed by atoms with Crippen molar-refractivity contribution in [2.75, 3.05) is 6.61 Å². The number of amides is 1. The van der Waals surface area contributed by atoms with Gasteiger partial charge in [-0.25, -0.2) is 14.2 Å². The van der Waals surface area contributed by atoms with Crippen LogP contribution in [0.5, 0.6) is 0 Å². The van der Waals surface area contributed by atoms with E-state index in [1.54, 1.807) is 35.5 Å². The standard InChI is InChI=1S/C16H22N6O2Si/c1-25(2,3)8-7-24-11-21-10-12(9-19-21)14-13(15(17)23)16-18-5-4-6-22(16)20-14/h4-6,9-10H,7-8,11H2,1-3H3,(H2,17,23). The van der Waals surface area contributed by atoms with Gasteiger partial charge in [-0.2, -0.15) is 10.2 Å². The lowest BCUT2D eigenvalue weighted by molar-refractivity contribution is 0.0786. The molecule has 0 radical (unpaired) electrons. The molecule has 3 aromatic rings. The normalized spacial score (nSPS) is 12.0. The van der Waals surface area contributed by atoms with Crippen molar-refractivity contribution < 1.29 is 9.53 Å². The van der Waals surface area contributed by atoms with Gasteiger partial charge in [0.2, 0.25) is 0 Å². The van der Waals surface area contributed by atoms with Crippen molar-refractivity contribution >= 4 is 19.6 Å². The zero-order valence-corrected chi connectivity index (χ0v) is 15.6. The fraction of sp³-hybridized carbons (Fsp3) is 0.375. The van der Waals surface area contributed by atoms with Gasteiger partial charge in [-0.15, -0.1) is 0 Å². The number of nitrogens with zero attached hydrogens (tertiary/aromatic N) is 5. The van der Waals surface area contributed by atoms with Gasteiger partial charge in [0.25, 0.3) is 5.91 Å². The van der Waals surface area contributed by atoms with E-state index in [0.29, 0.717) is 29.2 Å². The molecule has 8 nitrogen and oxygen atoms in total. The molecule has 132 valence electrons. The Balaban J connectivity index is 1.79. The van der Waals surface area contributed by atoms with E-state index >= 15 is 0 Å². The highest BCUT2D eigenvalue weighted by Crippen LogP contribution is 2.24. The summed E-state index contributed by atoms with van der Waals surface area (Å²) in [5, 5.41) is 8.69. The molecule has 2 N–H and O–H groups in total. The van der Waals surface area contributed by atoms with Gasteiger partial charge in [-0.3, -0.25) is 4.79 Å². The average Bonchev–Trinajstić information content (AvgIpc) is 3.14. The van der Waals surface area contributed by atoms with Crippen molar-refractivity contribution in [1.82, 2.24) is 24.4 Å². The van der Waals surface area contributed by atoms with Crippen LogP contribution in [0, 0.1) is 0 Å². The van der Waals surface area contributed by atoms with Gasteiger partial charge in [0.1, 0.15) is 18.0 Å². The van der Waals surface area contributed by atoms with E-state index < -0.39 is 14.0 Å². The number of rotatable bonds is 7. The lowest BCUT2D eigenvalue weighted by Gasteiger charge is -2.15. The van der Waals surface area contributed by atoms with Crippen LogP contribution in [0.2, 0.25) is 25.7 Å². The number of nitrogens with two attached hydrogens (primary N) is 1. The maximum atomic E-state index is 11.9. The summed E-state index contributed by atoms with van der Waals surface area (Å²) < 4.78 is 8.91. The molecule has 9 heteroatoms. The summed E-state index contributed by atoms with van der Waals surface area (Å²) in [7, 11) is -1.11. The monoisotopic (exact) mass is 358 g/mol. The van der Waals surface area contributed by atoms with E-state index in [2.05, 4.69) is 34.8 Å². The first-order valence-electron chi connectivity index (χ1n) is 8.09. The predicted molar refractivity (Wildman–Crippen MR) is 96.8 cm³/mol. The summed E-state index contributed by atoms with van der Waals surface area (Å²) in [5.41, 5.74) is 7.43. The SMILES string of the molecule is C[Si](C)(C)CCOCn1cc(-c2nn3cccnc3c2C(N)=O)cn1. The number of primary amides is 1. The molecule has 0 bridgehead atoms. The van der Waals surface area contributed by atoms with Gasteiger partial charge in [-0.05, 0) is 12.1 Å². The lowest BCUT2D eigenvalue weighted by atomic mass is 10.1. The molecule has 0 spiro atoms. The van der Waals surface area contributed by atoms with Gasteiger partial charge in [0.05, 0.1) is 6.20 Å². The minimum Gasteiger partial charge on any atom is -0.365 e. The van der Waals surface area contributed by atoms with Crippen LogP contribution in [0.15, 0.2) is 30.9 Å². The van der Waals surface area contributed by atoms with Crippen molar-refractivity contribution in [2.24, 2.45) is 5.73 Å². The largest absolute Gasteiger partial charge is 0.365 e. The highest BCUT2D eigenvalue weighted by molar-refractivity contribution is 6.76. The Morgan fingerprint density at radius 3 is 2.88 bits per heavy atom. The summed E-state index contributed by atoms with van der Waals surface area (Å²) in [6, 6.07) is 2.84. The Hall–Kier alpha value is -2.52. The average molecular weight is 358 g/mol. The van der Waals surface area contributed by atoms with Gasteiger partial charge < -0.3 is 10.5 Å². The summed E-state index contributed by atoms with van der Waals surface area (Å²) in [5.74, 6) is -0.567. The minimum atomic E-state index is -1.11.